The first-order chi connectivity index (χ1) is 8.36. The van der Waals surface area contributed by atoms with Crippen molar-refractivity contribution < 1.29 is 0 Å². The minimum absolute atomic E-state index is 0.203. The van der Waals surface area contributed by atoms with Gasteiger partial charge in [0.25, 0.3) is 0 Å². The summed E-state index contributed by atoms with van der Waals surface area (Å²) in [4.78, 5) is 8.76. The lowest BCUT2D eigenvalue weighted by Gasteiger charge is -2.18. The van der Waals surface area contributed by atoms with E-state index in [0.29, 0.717) is 0 Å². The minimum atomic E-state index is 0.203. The first kappa shape index (κ1) is 13.7. The topological polar surface area (TPSA) is 28.7 Å². The van der Waals surface area contributed by atoms with Crippen LogP contribution in [0.1, 0.15) is 32.0 Å². The van der Waals surface area contributed by atoms with Gasteiger partial charge in [0, 0.05) is 10.6 Å². The predicted octanol–water partition coefficient (Wildman–Crippen LogP) is 4.93. The third kappa shape index (κ3) is 3.18. The van der Waals surface area contributed by atoms with Crippen LogP contribution in [0.4, 0.5) is 0 Å². The smallest absolute Gasteiger partial charge is 0.175 e. The molecule has 0 bridgehead atoms. The standard InChI is InChI=1S/C14H17BrN2S/c1-9-12(17-13(15)16-9)18-11-7-5-10(6-8-11)14(2,3)4/h5-8H,1-4H3,(H,16,17). The zero-order valence-corrected chi connectivity index (χ0v) is 13.4. The quantitative estimate of drug-likeness (QED) is 0.848. The molecule has 0 radical (unpaired) electrons. The molecular weight excluding hydrogens is 308 g/mol. The van der Waals surface area contributed by atoms with E-state index in [1.807, 2.05) is 6.92 Å². The van der Waals surface area contributed by atoms with Crippen LogP contribution < -0.4 is 0 Å². The molecule has 18 heavy (non-hydrogen) atoms. The lowest BCUT2D eigenvalue weighted by atomic mass is 9.87. The van der Waals surface area contributed by atoms with Gasteiger partial charge < -0.3 is 4.98 Å². The maximum Gasteiger partial charge on any atom is 0.175 e. The number of aryl methyl sites for hydroxylation is 1. The number of rotatable bonds is 2. The van der Waals surface area contributed by atoms with Crippen LogP contribution in [0.15, 0.2) is 38.9 Å². The number of halogens is 1. The first-order valence-electron chi connectivity index (χ1n) is 5.87. The van der Waals surface area contributed by atoms with Gasteiger partial charge in [0.05, 0.1) is 0 Å². The molecule has 0 aliphatic carbocycles. The third-order valence-corrected chi connectivity index (χ3v) is 4.22. The molecule has 0 aliphatic heterocycles. The number of nitrogens with one attached hydrogen (secondary N) is 1. The van der Waals surface area contributed by atoms with Crippen LogP contribution in [-0.4, -0.2) is 9.97 Å². The summed E-state index contributed by atoms with van der Waals surface area (Å²) in [5.74, 6) is 0. The Bertz CT molecular complexity index is 538. The zero-order valence-electron chi connectivity index (χ0n) is 11.0. The highest BCUT2D eigenvalue weighted by Crippen LogP contribution is 2.31. The van der Waals surface area contributed by atoms with Crippen molar-refractivity contribution in [3.8, 4) is 0 Å². The molecule has 1 heterocycles. The molecule has 4 heteroatoms. The molecule has 2 rings (SSSR count). The largest absolute Gasteiger partial charge is 0.336 e. The van der Waals surface area contributed by atoms with Gasteiger partial charge in [-0.3, -0.25) is 0 Å². The fraction of sp³-hybridized carbons (Fsp3) is 0.357. The molecule has 0 spiro atoms. The van der Waals surface area contributed by atoms with Crippen molar-refractivity contribution in [2.75, 3.05) is 0 Å². The van der Waals surface area contributed by atoms with Gasteiger partial charge in [0.15, 0.2) is 4.73 Å². The molecule has 1 aromatic carbocycles. The fourth-order valence-corrected chi connectivity index (χ4v) is 3.07. The highest BCUT2D eigenvalue weighted by molar-refractivity contribution is 9.10. The number of aromatic nitrogens is 2. The van der Waals surface area contributed by atoms with Crippen LogP contribution in [-0.2, 0) is 5.41 Å². The second kappa shape index (κ2) is 5.10. The number of benzene rings is 1. The highest BCUT2D eigenvalue weighted by atomic mass is 79.9. The van der Waals surface area contributed by atoms with Crippen molar-refractivity contribution in [3.05, 3.63) is 40.3 Å². The average molecular weight is 325 g/mol. The Morgan fingerprint density at radius 1 is 1.17 bits per heavy atom. The Morgan fingerprint density at radius 2 is 1.78 bits per heavy atom. The second-order valence-corrected chi connectivity index (χ2v) is 7.15. The molecule has 1 N–H and O–H groups in total. The van der Waals surface area contributed by atoms with E-state index in [2.05, 4.69) is 70.9 Å². The monoisotopic (exact) mass is 324 g/mol. The number of hydrogen-bond donors (Lipinski definition) is 1. The molecule has 96 valence electrons. The second-order valence-electron chi connectivity index (χ2n) is 5.33. The summed E-state index contributed by atoms with van der Waals surface area (Å²) < 4.78 is 0.786. The number of nitrogens with zero attached hydrogens (tertiary/aromatic N) is 1. The van der Waals surface area contributed by atoms with E-state index in [4.69, 9.17) is 0 Å². The summed E-state index contributed by atoms with van der Waals surface area (Å²) in [6.45, 7) is 8.71. The number of hydrogen-bond acceptors (Lipinski definition) is 2. The van der Waals surface area contributed by atoms with Gasteiger partial charge in [-0.15, -0.1) is 0 Å². The van der Waals surface area contributed by atoms with Gasteiger partial charge in [-0.25, -0.2) is 4.98 Å². The van der Waals surface area contributed by atoms with E-state index in [9.17, 15) is 0 Å². The van der Waals surface area contributed by atoms with E-state index in [-0.39, 0.29) is 5.41 Å². The van der Waals surface area contributed by atoms with Crippen molar-refractivity contribution in [2.24, 2.45) is 0 Å². The van der Waals surface area contributed by atoms with Gasteiger partial charge in [0.1, 0.15) is 5.03 Å². The molecule has 0 fully saturated rings. The van der Waals surface area contributed by atoms with Crippen molar-refractivity contribution in [2.45, 2.75) is 43.0 Å². The molecule has 0 amide bonds. The van der Waals surface area contributed by atoms with Crippen LogP contribution in [0.3, 0.4) is 0 Å². The summed E-state index contributed by atoms with van der Waals surface area (Å²) in [6, 6.07) is 8.71. The van der Waals surface area contributed by atoms with E-state index >= 15 is 0 Å². The van der Waals surface area contributed by atoms with Crippen LogP contribution in [0, 0.1) is 6.92 Å². The Hall–Kier alpha value is -0.740. The first-order valence-corrected chi connectivity index (χ1v) is 7.48. The Kier molecular flexibility index (Phi) is 3.87. The van der Waals surface area contributed by atoms with Crippen LogP contribution in [0.5, 0.6) is 0 Å². The normalized spacial score (nSPS) is 11.8. The number of imidazole rings is 1. The van der Waals surface area contributed by atoms with Gasteiger partial charge >= 0.3 is 0 Å². The Labute approximate surface area is 121 Å². The molecule has 1 aromatic heterocycles. The Balaban J connectivity index is 2.18. The maximum atomic E-state index is 4.40. The summed E-state index contributed by atoms with van der Waals surface area (Å²) in [7, 11) is 0. The van der Waals surface area contributed by atoms with Crippen molar-refractivity contribution in [1.82, 2.24) is 9.97 Å². The molecule has 0 saturated carbocycles. The lowest BCUT2D eigenvalue weighted by Crippen LogP contribution is -2.10. The average Bonchev–Trinajstić information content (AvgIpc) is 2.57. The van der Waals surface area contributed by atoms with Crippen molar-refractivity contribution >= 4 is 27.7 Å². The zero-order chi connectivity index (χ0) is 13.3. The minimum Gasteiger partial charge on any atom is -0.336 e. The van der Waals surface area contributed by atoms with Crippen LogP contribution >= 0.6 is 27.7 Å². The van der Waals surface area contributed by atoms with Crippen molar-refractivity contribution in [1.29, 1.82) is 0 Å². The van der Waals surface area contributed by atoms with E-state index in [1.165, 1.54) is 10.5 Å². The van der Waals surface area contributed by atoms with E-state index in [0.717, 1.165) is 15.5 Å². The molecule has 0 aliphatic rings. The van der Waals surface area contributed by atoms with Gasteiger partial charge in [-0.2, -0.15) is 0 Å². The third-order valence-electron chi connectivity index (χ3n) is 2.75. The van der Waals surface area contributed by atoms with Crippen LogP contribution in [0.2, 0.25) is 0 Å². The van der Waals surface area contributed by atoms with Gasteiger partial charge in [-0.1, -0.05) is 44.7 Å². The van der Waals surface area contributed by atoms with Gasteiger partial charge in [-0.05, 0) is 46.0 Å². The summed E-state index contributed by atoms with van der Waals surface area (Å²) in [5, 5.41) is 1.02. The predicted molar refractivity (Wildman–Crippen MR) is 80.3 cm³/mol. The molecule has 2 nitrogen and oxygen atoms in total. The van der Waals surface area contributed by atoms with E-state index < -0.39 is 0 Å². The number of H-pyrrole nitrogens is 1. The SMILES string of the molecule is Cc1[nH]c(Br)nc1Sc1ccc(C(C)(C)C)cc1. The highest BCUT2D eigenvalue weighted by Gasteiger charge is 2.13. The summed E-state index contributed by atoms with van der Waals surface area (Å²) in [6.07, 6.45) is 0. The molecule has 0 atom stereocenters. The lowest BCUT2D eigenvalue weighted by molar-refractivity contribution is 0.590. The summed E-state index contributed by atoms with van der Waals surface area (Å²) >= 11 is 5.04. The molecule has 2 aromatic rings. The van der Waals surface area contributed by atoms with Gasteiger partial charge in [0.2, 0.25) is 0 Å². The summed E-state index contributed by atoms with van der Waals surface area (Å²) in [5.41, 5.74) is 2.65. The molecular formula is C14H17BrN2S. The molecule has 0 unspecified atom stereocenters. The fourth-order valence-electron chi connectivity index (χ4n) is 1.64. The number of aromatic amines is 1. The van der Waals surface area contributed by atoms with Crippen LogP contribution in [0.25, 0.3) is 0 Å². The Morgan fingerprint density at radius 3 is 2.22 bits per heavy atom. The molecule has 0 saturated heterocycles. The maximum absolute atomic E-state index is 4.40. The van der Waals surface area contributed by atoms with Crippen molar-refractivity contribution in [3.63, 3.8) is 0 Å². The van der Waals surface area contributed by atoms with E-state index in [1.54, 1.807) is 11.8 Å².